The normalized spacial score (nSPS) is 21.7. The molecular formula is C23H26FN3O2. The number of likely N-dealkylation sites (tertiary alicyclic amines) is 1. The number of carbonyl (C=O) groups is 2. The van der Waals surface area contributed by atoms with Crippen LogP contribution in [0.25, 0.3) is 0 Å². The maximum Gasteiger partial charge on any atom is 0.226 e. The molecule has 4 rings (SSSR count). The number of hydrogen-bond acceptors (Lipinski definition) is 3. The van der Waals surface area contributed by atoms with Crippen molar-refractivity contribution >= 4 is 11.8 Å². The summed E-state index contributed by atoms with van der Waals surface area (Å²) in [6, 6.07) is 8.73. The van der Waals surface area contributed by atoms with Gasteiger partial charge in [-0.15, -0.1) is 0 Å². The van der Waals surface area contributed by atoms with Crippen molar-refractivity contribution in [3.63, 3.8) is 0 Å². The highest BCUT2D eigenvalue weighted by atomic mass is 19.1. The van der Waals surface area contributed by atoms with Gasteiger partial charge in [0.05, 0.1) is 12.0 Å². The highest BCUT2D eigenvalue weighted by Crippen LogP contribution is 2.39. The topological polar surface area (TPSA) is 62.3 Å². The van der Waals surface area contributed by atoms with Crippen molar-refractivity contribution < 1.29 is 14.0 Å². The van der Waals surface area contributed by atoms with Gasteiger partial charge < -0.3 is 10.2 Å². The first-order valence-electron chi connectivity index (χ1n) is 10.3. The van der Waals surface area contributed by atoms with Crippen LogP contribution in [0, 0.1) is 24.6 Å². The minimum atomic E-state index is -0.239. The number of amides is 2. The zero-order chi connectivity index (χ0) is 20.4. The van der Waals surface area contributed by atoms with E-state index in [2.05, 4.69) is 10.3 Å². The molecule has 5 nitrogen and oxygen atoms in total. The van der Waals surface area contributed by atoms with Gasteiger partial charge in [0.25, 0.3) is 0 Å². The molecule has 2 fully saturated rings. The molecule has 2 heterocycles. The molecule has 1 saturated carbocycles. The number of piperidine rings is 1. The number of rotatable bonds is 5. The Morgan fingerprint density at radius 2 is 1.97 bits per heavy atom. The van der Waals surface area contributed by atoms with Crippen LogP contribution in [0.15, 0.2) is 42.7 Å². The van der Waals surface area contributed by atoms with Crippen molar-refractivity contribution in [1.29, 1.82) is 0 Å². The summed E-state index contributed by atoms with van der Waals surface area (Å²) in [5.41, 5.74) is 2.48. The Balaban J connectivity index is 1.47. The van der Waals surface area contributed by atoms with E-state index in [4.69, 9.17) is 0 Å². The number of pyridine rings is 1. The van der Waals surface area contributed by atoms with E-state index in [1.165, 1.54) is 6.07 Å². The van der Waals surface area contributed by atoms with Gasteiger partial charge in [-0.25, -0.2) is 4.39 Å². The largest absolute Gasteiger partial charge is 0.352 e. The molecule has 0 unspecified atom stereocenters. The fourth-order valence-corrected chi connectivity index (χ4v) is 4.05. The minimum absolute atomic E-state index is 0.0313. The van der Waals surface area contributed by atoms with Gasteiger partial charge in [0.15, 0.2) is 0 Å². The van der Waals surface area contributed by atoms with Crippen molar-refractivity contribution in [2.24, 2.45) is 11.8 Å². The van der Waals surface area contributed by atoms with Gasteiger partial charge in [0.1, 0.15) is 5.82 Å². The fourth-order valence-electron chi connectivity index (χ4n) is 4.05. The van der Waals surface area contributed by atoms with E-state index < -0.39 is 0 Å². The number of carbonyl (C=O) groups excluding carboxylic acids is 2. The van der Waals surface area contributed by atoms with Crippen LogP contribution < -0.4 is 5.32 Å². The number of halogens is 1. The molecule has 29 heavy (non-hydrogen) atoms. The van der Waals surface area contributed by atoms with Crippen LogP contribution in [0.5, 0.6) is 0 Å². The van der Waals surface area contributed by atoms with Crippen LogP contribution >= 0.6 is 0 Å². The molecule has 1 N–H and O–H groups in total. The van der Waals surface area contributed by atoms with Crippen LogP contribution in [0.2, 0.25) is 0 Å². The lowest BCUT2D eigenvalue weighted by Crippen LogP contribution is -2.47. The van der Waals surface area contributed by atoms with E-state index in [1.54, 1.807) is 25.4 Å². The van der Waals surface area contributed by atoms with Gasteiger partial charge in [-0.05, 0) is 61.4 Å². The van der Waals surface area contributed by atoms with E-state index >= 15 is 0 Å². The molecule has 6 heteroatoms. The summed E-state index contributed by atoms with van der Waals surface area (Å²) < 4.78 is 13.7. The highest BCUT2D eigenvalue weighted by Gasteiger charge is 2.41. The average Bonchev–Trinajstić information content (AvgIpc) is 3.59. The van der Waals surface area contributed by atoms with Crippen molar-refractivity contribution in [1.82, 2.24) is 15.2 Å². The van der Waals surface area contributed by atoms with Gasteiger partial charge in [-0.2, -0.15) is 0 Å². The number of hydrogen-bond donors (Lipinski definition) is 1. The zero-order valence-corrected chi connectivity index (χ0v) is 16.6. The quantitative estimate of drug-likeness (QED) is 0.842. The average molecular weight is 395 g/mol. The molecule has 1 aromatic heterocycles. The molecule has 2 amide bonds. The molecular weight excluding hydrogens is 369 g/mol. The Morgan fingerprint density at radius 1 is 1.17 bits per heavy atom. The summed E-state index contributed by atoms with van der Waals surface area (Å²) in [4.78, 5) is 31.6. The van der Waals surface area contributed by atoms with Crippen molar-refractivity contribution in [3.8, 4) is 0 Å². The van der Waals surface area contributed by atoms with Gasteiger partial charge in [-0.1, -0.05) is 18.2 Å². The second-order valence-electron chi connectivity index (χ2n) is 8.14. The molecule has 1 saturated heterocycles. The molecule has 1 aliphatic heterocycles. The number of nitrogens with one attached hydrogen (secondary N) is 1. The molecule has 0 spiro atoms. The summed E-state index contributed by atoms with van der Waals surface area (Å²) >= 11 is 0. The fraction of sp³-hybridized carbons (Fsp3) is 0.435. The van der Waals surface area contributed by atoms with E-state index in [-0.39, 0.29) is 35.5 Å². The summed E-state index contributed by atoms with van der Waals surface area (Å²) in [6.45, 7) is 2.58. The molecule has 2 aromatic rings. The molecule has 2 aliphatic rings. The van der Waals surface area contributed by atoms with Crippen molar-refractivity contribution in [2.45, 2.75) is 45.2 Å². The van der Waals surface area contributed by atoms with E-state index in [9.17, 15) is 14.0 Å². The van der Waals surface area contributed by atoms with Crippen molar-refractivity contribution in [3.05, 3.63) is 65.2 Å². The van der Waals surface area contributed by atoms with Crippen LogP contribution in [0.4, 0.5) is 4.39 Å². The monoisotopic (exact) mass is 395 g/mol. The SMILES string of the molecule is Cc1cc([C@@H]2CC[C@H](C(=O)NCc3cccnc3)CN2C(=O)C2CC2)ccc1F. The summed E-state index contributed by atoms with van der Waals surface area (Å²) in [7, 11) is 0. The Morgan fingerprint density at radius 3 is 2.66 bits per heavy atom. The molecule has 0 radical (unpaired) electrons. The predicted octanol–water partition coefficient (Wildman–Crippen LogP) is 3.54. The summed E-state index contributed by atoms with van der Waals surface area (Å²) in [5, 5.41) is 2.98. The smallest absolute Gasteiger partial charge is 0.226 e. The second-order valence-corrected chi connectivity index (χ2v) is 8.14. The van der Waals surface area contributed by atoms with Crippen LogP contribution in [-0.4, -0.2) is 28.2 Å². The van der Waals surface area contributed by atoms with Gasteiger partial charge in [0, 0.05) is 31.4 Å². The van der Waals surface area contributed by atoms with Crippen LogP contribution in [-0.2, 0) is 16.1 Å². The van der Waals surface area contributed by atoms with Gasteiger partial charge in [0.2, 0.25) is 11.8 Å². The lowest BCUT2D eigenvalue weighted by atomic mass is 9.87. The van der Waals surface area contributed by atoms with E-state index in [0.717, 1.165) is 24.0 Å². The zero-order valence-electron chi connectivity index (χ0n) is 16.6. The highest BCUT2D eigenvalue weighted by molar-refractivity contribution is 5.84. The number of aryl methyl sites for hydroxylation is 1. The molecule has 1 aliphatic carbocycles. The van der Waals surface area contributed by atoms with Crippen LogP contribution in [0.3, 0.4) is 0 Å². The van der Waals surface area contributed by atoms with Gasteiger partial charge in [-0.3, -0.25) is 14.6 Å². The first kappa shape index (κ1) is 19.6. The maximum atomic E-state index is 13.7. The predicted molar refractivity (Wildman–Crippen MR) is 107 cm³/mol. The number of aromatic nitrogens is 1. The lowest BCUT2D eigenvalue weighted by Gasteiger charge is -2.40. The van der Waals surface area contributed by atoms with Crippen molar-refractivity contribution in [2.75, 3.05) is 6.54 Å². The standard InChI is InChI=1S/C23H26FN3O2/c1-15-11-18(6-8-20(15)24)21-9-7-19(14-27(21)23(29)17-4-5-17)22(28)26-13-16-3-2-10-25-12-16/h2-3,6,8,10-12,17,19,21H,4-5,7,9,13-14H2,1H3,(H,26,28)/t19-,21-/m0/s1. The summed E-state index contributed by atoms with van der Waals surface area (Å²) in [6.07, 6.45) is 6.68. The Hall–Kier alpha value is -2.76. The second kappa shape index (κ2) is 8.31. The summed E-state index contributed by atoms with van der Waals surface area (Å²) in [5.74, 6) is -0.293. The first-order chi connectivity index (χ1) is 14.0. The van der Waals surface area contributed by atoms with Crippen LogP contribution in [0.1, 0.15) is 48.4 Å². The Labute approximate surface area is 170 Å². The van der Waals surface area contributed by atoms with Gasteiger partial charge >= 0.3 is 0 Å². The molecule has 1 aromatic carbocycles. The maximum absolute atomic E-state index is 13.7. The molecule has 0 bridgehead atoms. The number of benzene rings is 1. The lowest BCUT2D eigenvalue weighted by molar-refractivity contribution is -0.140. The number of nitrogens with zero attached hydrogens (tertiary/aromatic N) is 2. The van der Waals surface area contributed by atoms with E-state index in [1.807, 2.05) is 23.1 Å². The third-order valence-electron chi connectivity index (χ3n) is 5.92. The Bertz CT molecular complexity index is 898. The minimum Gasteiger partial charge on any atom is -0.352 e. The van der Waals surface area contributed by atoms with E-state index in [0.29, 0.717) is 31.5 Å². The Kier molecular flexibility index (Phi) is 5.60. The molecule has 152 valence electrons. The third kappa shape index (κ3) is 4.47. The molecule has 2 atom stereocenters. The third-order valence-corrected chi connectivity index (χ3v) is 5.92. The first-order valence-corrected chi connectivity index (χ1v) is 10.3.